The molecule has 0 fully saturated rings. The second-order valence-corrected chi connectivity index (χ2v) is 9.06. The van der Waals surface area contributed by atoms with Gasteiger partial charge in [-0.1, -0.05) is 62.0 Å². The first-order chi connectivity index (χ1) is 16.5. The fourth-order valence-electron chi connectivity index (χ4n) is 3.62. The molecule has 174 valence electrons. The summed E-state index contributed by atoms with van der Waals surface area (Å²) in [6, 6.07) is 16.0. The monoisotopic (exact) mass is 474 g/mol. The zero-order valence-electron chi connectivity index (χ0n) is 19.1. The molecular weight excluding hydrogens is 448 g/mol. The number of allylic oxidation sites excluding steroid dienone is 1. The molecule has 0 radical (unpaired) electrons. The van der Waals surface area contributed by atoms with E-state index in [2.05, 4.69) is 32.1 Å². The van der Waals surface area contributed by atoms with Crippen LogP contribution in [-0.2, 0) is 12.3 Å². The fourth-order valence-corrected chi connectivity index (χ4v) is 4.44. The van der Waals surface area contributed by atoms with Gasteiger partial charge in [-0.15, -0.1) is 16.8 Å². The third-order valence-electron chi connectivity index (χ3n) is 5.32. The number of amides is 1. The second kappa shape index (κ2) is 10.5. The Kier molecular flexibility index (Phi) is 7.22. The van der Waals surface area contributed by atoms with Gasteiger partial charge in [-0.25, -0.2) is 4.98 Å². The van der Waals surface area contributed by atoms with Gasteiger partial charge >= 0.3 is 0 Å². The van der Waals surface area contributed by atoms with Crippen LogP contribution in [0.3, 0.4) is 0 Å². The minimum atomic E-state index is -0.340. The first-order valence-corrected chi connectivity index (χ1v) is 12.0. The molecule has 0 unspecified atom stereocenters. The van der Waals surface area contributed by atoms with Gasteiger partial charge in [0.25, 0.3) is 11.5 Å². The molecule has 2 aromatic heterocycles. The van der Waals surface area contributed by atoms with Crippen LogP contribution in [-0.4, -0.2) is 30.6 Å². The molecule has 0 saturated carbocycles. The molecule has 1 amide bonds. The van der Waals surface area contributed by atoms with E-state index >= 15 is 0 Å². The number of thioether (sulfide) groups is 1. The minimum absolute atomic E-state index is 0.0804. The third kappa shape index (κ3) is 5.09. The predicted molar refractivity (Wildman–Crippen MR) is 134 cm³/mol. The summed E-state index contributed by atoms with van der Waals surface area (Å²) in [4.78, 5) is 32.6. The van der Waals surface area contributed by atoms with E-state index in [0.717, 1.165) is 0 Å². The highest BCUT2D eigenvalue weighted by Crippen LogP contribution is 2.27. The van der Waals surface area contributed by atoms with Gasteiger partial charge in [0.1, 0.15) is 5.82 Å². The summed E-state index contributed by atoms with van der Waals surface area (Å²) in [5.41, 5.74) is 1.07. The number of nitrogens with zero attached hydrogens (tertiary/aromatic N) is 4. The number of fused-ring (bicyclic) bond motifs is 1. The quantitative estimate of drug-likeness (QED) is 0.279. The van der Waals surface area contributed by atoms with Crippen molar-refractivity contribution in [3.63, 3.8) is 0 Å². The van der Waals surface area contributed by atoms with E-state index in [-0.39, 0.29) is 23.4 Å². The van der Waals surface area contributed by atoms with E-state index in [1.54, 1.807) is 24.3 Å². The Balaban J connectivity index is 1.58. The van der Waals surface area contributed by atoms with Crippen molar-refractivity contribution in [2.45, 2.75) is 37.3 Å². The molecule has 0 aliphatic heterocycles. The second-order valence-electron chi connectivity index (χ2n) is 8.12. The Morgan fingerprint density at radius 1 is 1.15 bits per heavy atom. The summed E-state index contributed by atoms with van der Waals surface area (Å²) < 4.78 is 1.94. The smallest absolute Gasteiger partial charge is 0.258 e. The maximum absolute atomic E-state index is 12.8. The van der Waals surface area contributed by atoms with Crippen molar-refractivity contribution in [1.29, 1.82) is 0 Å². The largest absolute Gasteiger partial charge is 0.342 e. The average Bonchev–Trinajstić information content (AvgIpc) is 3.23. The van der Waals surface area contributed by atoms with Crippen LogP contribution in [0.15, 0.2) is 77.2 Å². The Bertz CT molecular complexity index is 1360. The van der Waals surface area contributed by atoms with E-state index in [0.29, 0.717) is 45.6 Å². The zero-order valence-corrected chi connectivity index (χ0v) is 19.9. The lowest BCUT2D eigenvalue weighted by Gasteiger charge is -2.22. The lowest BCUT2D eigenvalue weighted by atomic mass is 10.0. The summed E-state index contributed by atoms with van der Waals surface area (Å²) in [7, 11) is 0. The van der Waals surface area contributed by atoms with Crippen molar-refractivity contribution < 1.29 is 4.79 Å². The molecule has 2 aromatic carbocycles. The normalized spacial score (nSPS) is 12.1. The van der Waals surface area contributed by atoms with Crippen LogP contribution in [0.25, 0.3) is 10.9 Å². The van der Waals surface area contributed by atoms with Crippen molar-refractivity contribution in [1.82, 2.24) is 30.0 Å². The number of benzene rings is 2. The number of hydrogen-bond acceptors (Lipinski definition) is 6. The summed E-state index contributed by atoms with van der Waals surface area (Å²) in [6.07, 6.45) is 1.77. The first kappa shape index (κ1) is 23.4. The number of para-hydroxylation sites is 1. The molecule has 0 saturated heterocycles. The summed E-state index contributed by atoms with van der Waals surface area (Å²) in [6.45, 7) is 8.40. The highest BCUT2D eigenvalue weighted by Gasteiger charge is 2.26. The van der Waals surface area contributed by atoms with Crippen LogP contribution in [0.1, 0.15) is 41.9 Å². The summed E-state index contributed by atoms with van der Waals surface area (Å²) >= 11 is 1.42. The molecule has 4 rings (SSSR count). The Labute approximate surface area is 201 Å². The highest BCUT2D eigenvalue weighted by molar-refractivity contribution is 7.98. The van der Waals surface area contributed by atoms with Crippen LogP contribution in [0.4, 0.5) is 0 Å². The van der Waals surface area contributed by atoms with Gasteiger partial charge in [0.15, 0.2) is 11.0 Å². The molecular formula is C25H26N6O2S. The maximum Gasteiger partial charge on any atom is 0.258 e. The maximum atomic E-state index is 12.8. The number of H-pyrrole nitrogens is 1. The molecule has 8 nitrogen and oxygen atoms in total. The van der Waals surface area contributed by atoms with E-state index in [9.17, 15) is 9.59 Å². The Morgan fingerprint density at radius 3 is 2.62 bits per heavy atom. The first-order valence-electron chi connectivity index (χ1n) is 11.0. The van der Waals surface area contributed by atoms with E-state index < -0.39 is 0 Å². The summed E-state index contributed by atoms with van der Waals surface area (Å²) in [5.74, 6) is 1.54. The Hall–Kier alpha value is -3.72. The number of carbonyl (C=O) groups excluding carboxylic acids is 1. The number of carbonyl (C=O) groups is 1. The number of aromatic nitrogens is 5. The van der Waals surface area contributed by atoms with E-state index in [1.807, 2.05) is 54.8 Å². The molecule has 4 aromatic rings. The van der Waals surface area contributed by atoms with Crippen LogP contribution >= 0.6 is 11.8 Å². The lowest BCUT2D eigenvalue weighted by molar-refractivity contribution is 0.0922. The van der Waals surface area contributed by atoms with Crippen LogP contribution in [0.5, 0.6) is 0 Å². The van der Waals surface area contributed by atoms with E-state index in [1.165, 1.54) is 11.8 Å². The minimum Gasteiger partial charge on any atom is -0.342 e. The molecule has 0 aliphatic rings. The van der Waals surface area contributed by atoms with Crippen molar-refractivity contribution in [2.24, 2.45) is 5.92 Å². The molecule has 9 heteroatoms. The van der Waals surface area contributed by atoms with Gasteiger partial charge < -0.3 is 14.9 Å². The van der Waals surface area contributed by atoms with Crippen molar-refractivity contribution >= 4 is 28.6 Å². The SMILES string of the molecule is C=CCn1c(SCc2nc3ccccc3c(=O)[nH]2)nnc1[C@@H](NC(=O)c1ccccc1)C(C)C. The van der Waals surface area contributed by atoms with Crippen LogP contribution in [0.2, 0.25) is 0 Å². The predicted octanol–water partition coefficient (Wildman–Crippen LogP) is 4.12. The average molecular weight is 475 g/mol. The van der Waals surface area contributed by atoms with Gasteiger partial charge in [-0.05, 0) is 30.2 Å². The molecule has 0 bridgehead atoms. The number of hydrogen-bond donors (Lipinski definition) is 2. The van der Waals surface area contributed by atoms with Gasteiger partial charge in [0.05, 0.1) is 22.7 Å². The van der Waals surface area contributed by atoms with Gasteiger partial charge in [-0.2, -0.15) is 0 Å². The topological polar surface area (TPSA) is 106 Å². The zero-order chi connectivity index (χ0) is 24.1. The summed E-state index contributed by atoms with van der Waals surface area (Å²) in [5, 5.41) is 13.1. The van der Waals surface area contributed by atoms with Crippen molar-refractivity contribution in [3.8, 4) is 0 Å². The standard InChI is InChI=1S/C25H26N6O2S/c1-4-14-31-22(21(16(2)3)28-23(32)17-10-6-5-7-11-17)29-30-25(31)34-15-20-26-19-13-9-8-12-18(19)24(33)27-20/h4-13,16,21H,1,14-15H2,2-3H3,(H,28,32)(H,26,27,33)/t21-/m0/s1. The number of nitrogens with one attached hydrogen (secondary N) is 2. The third-order valence-corrected chi connectivity index (χ3v) is 6.30. The van der Waals surface area contributed by atoms with Crippen LogP contribution in [0, 0.1) is 5.92 Å². The highest BCUT2D eigenvalue weighted by atomic mass is 32.2. The van der Waals surface area contributed by atoms with E-state index in [4.69, 9.17) is 0 Å². The lowest BCUT2D eigenvalue weighted by Crippen LogP contribution is -2.33. The Morgan fingerprint density at radius 2 is 1.88 bits per heavy atom. The fraction of sp³-hybridized carbons (Fsp3) is 0.240. The number of rotatable bonds is 9. The molecule has 1 atom stereocenters. The van der Waals surface area contributed by atoms with Gasteiger partial charge in [-0.3, -0.25) is 9.59 Å². The molecule has 0 aliphatic carbocycles. The van der Waals surface area contributed by atoms with Crippen LogP contribution < -0.4 is 10.9 Å². The van der Waals surface area contributed by atoms with Crippen molar-refractivity contribution in [3.05, 3.63) is 94.8 Å². The van der Waals surface area contributed by atoms with Gasteiger partial charge in [0.2, 0.25) is 0 Å². The van der Waals surface area contributed by atoms with Gasteiger partial charge in [0, 0.05) is 12.1 Å². The molecule has 2 heterocycles. The molecule has 0 spiro atoms. The molecule has 2 N–H and O–H groups in total. The number of aromatic amines is 1. The van der Waals surface area contributed by atoms with Crippen molar-refractivity contribution in [2.75, 3.05) is 0 Å². The molecule has 34 heavy (non-hydrogen) atoms.